The minimum Gasteiger partial charge on any atom is -0.453 e. The Hall–Kier alpha value is -1.77. The van der Waals surface area contributed by atoms with Crippen molar-refractivity contribution in [2.75, 3.05) is 13.2 Å². The second-order valence-electron chi connectivity index (χ2n) is 20.4. The van der Waals surface area contributed by atoms with E-state index in [1.807, 2.05) is 6.92 Å². The monoisotopic (exact) mass is 1020 g/mol. The van der Waals surface area contributed by atoms with Gasteiger partial charge in [-0.1, -0.05) is 207 Å². The summed E-state index contributed by atoms with van der Waals surface area (Å²) < 4.78 is 66.7. The maximum absolute atomic E-state index is 13.8. The molecule has 412 valence electrons. The number of unbranched alkanes of at least 4 members (excludes halogenated alkanes) is 25. The number of ether oxygens (including phenoxy) is 5. The third kappa shape index (κ3) is 27.0. The van der Waals surface area contributed by atoms with Crippen LogP contribution in [0, 0.1) is 11.8 Å². The highest BCUT2D eigenvalue weighted by molar-refractivity contribution is 7.80. The average Bonchev–Trinajstić information content (AvgIpc) is 3.31. The van der Waals surface area contributed by atoms with Crippen molar-refractivity contribution in [3.63, 3.8) is 0 Å². The minimum absolute atomic E-state index is 0.00605. The summed E-state index contributed by atoms with van der Waals surface area (Å²) in [5.41, 5.74) is 0.227. The van der Waals surface area contributed by atoms with E-state index in [0.29, 0.717) is 12.3 Å². The third-order valence-corrected chi connectivity index (χ3v) is 14.3. The summed E-state index contributed by atoms with van der Waals surface area (Å²) in [5.74, 6) is -1.19. The Morgan fingerprint density at radius 2 is 0.986 bits per heavy atom. The fourth-order valence-corrected chi connectivity index (χ4v) is 10.2. The number of esters is 2. The summed E-state index contributed by atoms with van der Waals surface area (Å²) in [7, 11) is -5.31. The molecule has 0 aromatic carbocycles. The van der Waals surface area contributed by atoms with E-state index < -0.39 is 97.0 Å². The van der Waals surface area contributed by atoms with Crippen molar-refractivity contribution in [2.45, 2.75) is 289 Å². The molecule has 6 N–H and O–H groups in total. The van der Waals surface area contributed by atoms with Crippen LogP contribution in [0.25, 0.3) is 0 Å². The van der Waals surface area contributed by atoms with Gasteiger partial charge in [0, 0.05) is 12.0 Å². The number of hydrogen-bond donors (Lipinski definition) is 6. The van der Waals surface area contributed by atoms with Gasteiger partial charge in [0.1, 0.15) is 30.5 Å². The molecular weight excluding hydrogens is 925 g/mol. The number of hydrogen-bond acceptors (Lipinski definition) is 15. The molecule has 70 heavy (non-hydrogen) atoms. The lowest BCUT2D eigenvalue weighted by Gasteiger charge is -2.46. The zero-order valence-corrected chi connectivity index (χ0v) is 44.6. The molecule has 0 bridgehead atoms. The van der Waals surface area contributed by atoms with Crippen LogP contribution in [0.2, 0.25) is 0 Å². The van der Waals surface area contributed by atoms with Gasteiger partial charge in [-0.05, 0) is 31.6 Å². The molecular formula is C53H98O16S. The Bertz CT molecular complexity index is 1500. The molecule has 12 atom stereocenters. The normalized spacial score (nSPS) is 26.2. The van der Waals surface area contributed by atoms with E-state index in [-0.39, 0.29) is 17.9 Å². The molecule has 0 radical (unpaired) electrons. The van der Waals surface area contributed by atoms with Crippen molar-refractivity contribution in [3.8, 4) is 0 Å². The first-order chi connectivity index (χ1) is 33.6. The van der Waals surface area contributed by atoms with Crippen LogP contribution in [-0.4, -0.2) is 125 Å². The number of allylic oxidation sites excluding steroid dienone is 1. The summed E-state index contributed by atoms with van der Waals surface area (Å²) in [6.07, 6.45) is 17.8. The molecule has 17 heteroatoms. The van der Waals surface area contributed by atoms with E-state index in [2.05, 4.69) is 25.0 Å². The lowest BCUT2D eigenvalue weighted by molar-refractivity contribution is -0.374. The maximum Gasteiger partial charge on any atom is 0.397 e. The Morgan fingerprint density at radius 3 is 1.43 bits per heavy atom. The highest BCUT2D eigenvalue weighted by atomic mass is 32.3. The van der Waals surface area contributed by atoms with E-state index >= 15 is 0 Å². The van der Waals surface area contributed by atoms with Crippen LogP contribution in [-0.2, 0) is 47.9 Å². The molecule has 2 fully saturated rings. The van der Waals surface area contributed by atoms with Crippen LogP contribution in [0.3, 0.4) is 0 Å². The summed E-state index contributed by atoms with van der Waals surface area (Å²) in [4.78, 5) is 27.3. The molecule has 2 saturated heterocycles. The standard InChI is InChI=1S/C53H98O16S/c1-6-8-10-12-14-16-18-20-22-23-25-27-29-31-33-39(3)35-40(4)36-41(5)51(60)67-48-46(58)43(38-55)65-53(68-52-49(69-70(61,62)63)47(59)45(57)42(37-54)64-52)50(48)66-44(56)34-32-30-28-26-24-21-19-17-15-13-11-9-7-2/h36,39-40,42-43,45-50,52-55,57-59H,6-35,37-38H2,1-5H3,(H,61,62,63)/b41-36+/t39-,40-,42+,43+,45+,46+,47-,48-,49+,50+,52+,53+/m0/s1. The highest BCUT2D eigenvalue weighted by Crippen LogP contribution is 2.33. The molecule has 0 saturated carbocycles. The minimum atomic E-state index is -5.31. The maximum atomic E-state index is 13.8. The van der Waals surface area contributed by atoms with Crippen LogP contribution < -0.4 is 0 Å². The number of aliphatic hydroxyl groups excluding tert-OH is 5. The van der Waals surface area contributed by atoms with Crippen LogP contribution in [0.4, 0.5) is 0 Å². The van der Waals surface area contributed by atoms with Gasteiger partial charge in [0.25, 0.3) is 0 Å². The summed E-state index contributed by atoms with van der Waals surface area (Å²) >= 11 is 0. The largest absolute Gasteiger partial charge is 0.453 e. The van der Waals surface area contributed by atoms with Gasteiger partial charge in [-0.3, -0.25) is 9.35 Å². The van der Waals surface area contributed by atoms with Gasteiger partial charge in [0.15, 0.2) is 24.6 Å². The number of rotatable bonds is 41. The van der Waals surface area contributed by atoms with Gasteiger partial charge in [0.2, 0.25) is 6.29 Å². The third-order valence-electron chi connectivity index (χ3n) is 13.8. The van der Waals surface area contributed by atoms with Crippen molar-refractivity contribution in [3.05, 3.63) is 11.6 Å². The first kappa shape index (κ1) is 64.3. The van der Waals surface area contributed by atoms with Crippen LogP contribution in [0.15, 0.2) is 11.6 Å². The Labute approximate surface area is 422 Å². The lowest BCUT2D eigenvalue weighted by atomic mass is 9.91. The zero-order valence-electron chi connectivity index (χ0n) is 43.8. The quantitative estimate of drug-likeness (QED) is 0.0144. The van der Waals surface area contributed by atoms with E-state index in [4.69, 9.17) is 23.7 Å². The van der Waals surface area contributed by atoms with Gasteiger partial charge in [0.05, 0.1) is 13.2 Å². The molecule has 0 aliphatic carbocycles. The predicted octanol–water partition coefficient (Wildman–Crippen LogP) is 9.49. The predicted molar refractivity (Wildman–Crippen MR) is 269 cm³/mol. The van der Waals surface area contributed by atoms with Gasteiger partial charge in [-0.2, -0.15) is 8.42 Å². The molecule has 2 rings (SSSR count). The molecule has 0 spiro atoms. The number of carbonyl (C=O) groups excluding carboxylic acids is 2. The molecule has 2 heterocycles. The fourth-order valence-electron chi connectivity index (χ4n) is 9.67. The molecule has 0 amide bonds. The summed E-state index contributed by atoms with van der Waals surface area (Å²) in [6, 6.07) is 0. The molecule has 0 aromatic heterocycles. The van der Waals surface area contributed by atoms with Gasteiger partial charge in [-0.15, -0.1) is 0 Å². The van der Waals surface area contributed by atoms with E-state index in [1.54, 1.807) is 13.0 Å². The average molecular weight is 1020 g/mol. The van der Waals surface area contributed by atoms with Crippen LogP contribution in [0.1, 0.15) is 227 Å². The second kappa shape index (κ2) is 37.9. The van der Waals surface area contributed by atoms with Crippen molar-refractivity contribution in [2.24, 2.45) is 11.8 Å². The topological polar surface area (TPSA) is 245 Å². The van der Waals surface area contributed by atoms with Crippen molar-refractivity contribution < 1.29 is 76.0 Å². The Morgan fingerprint density at radius 1 is 0.571 bits per heavy atom. The SMILES string of the molecule is CCCCCCCCCCCCCCCC[C@H](C)C[C@H](C)/C=C(\C)C(=O)O[C@H]1[C@H](O)[C@@H](CO)O[C@H](O[C@H]2O[C@H](CO)[C@@H](O)[C@H](O)[C@H]2OS(=O)(=O)O)[C@@H]1OC(=O)CCCCCCCCCCCCCCC. The second-order valence-corrected chi connectivity index (χ2v) is 21.5. The van der Waals surface area contributed by atoms with Crippen molar-refractivity contribution >= 4 is 22.3 Å². The van der Waals surface area contributed by atoms with Gasteiger partial charge in [-0.25, -0.2) is 8.98 Å². The first-order valence-electron chi connectivity index (χ1n) is 27.5. The Balaban J connectivity index is 2.07. The van der Waals surface area contributed by atoms with Gasteiger partial charge < -0.3 is 49.2 Å². The lowest BCUT2D eigenvalue weighted by Crippen LogP contribution is -2.65. The smallest absolute Gasteiger partial charge is 0.397 e. The van der Waals surface area contributed by atoms with E-state index in [0.717, 1.165) is 51.4 Å². The Kier molecular flexibility index (Phi) is 34.8. The van der Waals surface area contributed by atoms with E-state index in [9.17, 15) is 48.1 Å². The van der Waals surface area contributed by atoms with Crippen molar-refractivity contribution in [1.82, 2.24) is 0 Å². The number of carbonyl (C=O) groups is 2. The summed E-state index contributed by atoms with van der Waals surface area (Å²) in [6.45, 7) is 8.54. The van der Waals surface area contributed by atoms with Crippen LogP contribution in [0.5, 0.6) is 0 Å². The van der Waals surface area contributed by atoms with Crippen LogP contribution >= 0.6 is 0 Å². The van der Waals surface area contributed by atoms with E-state index in [1.165, 1.54) is 128 Å². The fraction of sp³-hybridized carbons (Fsp3) is 0.925. The molecule has 2 aliphatic rings. The molecule has 0 aromatic rings. The molecule has 2 aliphatic heterocycles. The first-order valence-corrected chi connectivity index (χ1v) is 28.9. The zero-order chi connectivity index (χ0) is 51.7. The summed E-state index contributed by atoms with van der Waals surface area (Å²) in [5, 5.41) is 52.8. The van der Waals surface area contributed by atoms with Gasteiger partial charge >= 0.3 is 22.3 Å². The number of aliphatic hydroxyl groups is 5. The highest BCUT2D eigenvalue weighted by Gasteiger charge is 2.54. The molecule has 16 nitrogen and oxygen atoms in total. The van der Waals surface area contributed by atoms with Crippen molar-refractivity contribution in [1.29, 1.82) is 0 Å². The molecule has 0 unspecified atom stereocenters.